The molecular weight excluding hydrogens is 528 g/mol. The van der Waals surface area contributed by atoms with Gasteiger partial charge in [0.15, 0.2) is 0 Å². The minimum Gasteiger partial charge on any atom is -0.497 e. The number of hydrogen-bond donors (Lipinski definition) is 2. The number of amides is 1. The smallest absolute Gasteiger partial charge is 0.238 e. The van der Waals surface area contributed by atoms with E-state index in [0.717, 1.165) is 65.0 Å². The largest absolute Gasteiger partial charge is 0.497 e. The molecule has 4 fully saturated rings. The predicted molar refractivity (Wildman–Crippen MR) is 172 cm³/mol. The first-order valence-electron chi connectivity index (χ1n) is 15.9. The van der Waals surface area contributed by atoms with Crippen molar-refractivity contribution in [1.82, 2.24) is 10.6 Å². The molecule has 0 spiro atoms. The summed E-state index contributed by atoms with van der Waals surface area (Å²) in [5.41, 5.74) is 3.47. The van der Waals surface area contributed by atoms with Crippen molar-refractivity contribution in [3.63, 3.8) is 0 Å². The molecule has 220 valence electrons. The van der Waals surface area contributed by atoms with Gasteiger partial charge < -0.3 is 15.4 Å². The lowest BCUT2D eigenvalue weighted by molar-refractivity contribution is -0.136. The van der Waals surface area contributed by atoms with E-state index in [9.17, 15) is 0 Å². The third-order valence-corrected chi connectivity index (χ3v) is 10.6. The van der Waals surface area contributed by atoms with Crippen molar-refractivity contribution >= 4 is 5.91 Å². The summed E-state index contributed by atoms with van der Waals surface area (Å²) >= 11 is 0. The van der Waals surface area contributed by atoms with Gasteiger partial charge in [-0.25, -0.2) is 0 Å². The molecule has 0 aliphatic heterocycles. The summed E-state index contributed by atoms with van der Waals surface area (Å²) in [6.07, 6.45) is 7.45. The number of nitrogens with one attached hydrogen (secondary N) is 2. The Kier molecular flexibility index (Phi) is 7.56. The maximum atomic E-state index is 15.1. The summed E-state index contributed by atoms with van der Waals surface area (Å²) in [6.45, 7) is 0.638. The maximum Gasteiger partial charge on any atom is 0.238 e. The van der Waals surface area contributed by atoms with Crippen LogP contribution in [0.4, 0.5) is 0 Å². The van der Waals surface area contributed by atoms with Gasteiger partial charge >= 0.3 is 0 Å². The number of benzene rings is 4. The highest BCUT2D eigenvalue weighted by Crippen LogP contribution is 2.61. The maximum absolute atomic E-state index is 15.1. The second kappa shape index (κ2) is 11.7. The van der Waals surface area contributed by atoms with Crippen molar-refractivity contribution < 1.29 is 9.53 Å². The highest BCUT2D eigenvalue weighted by atomic mass is 16.5. The Morgan fingerprint density at radius 3 is 1.58 bits per heavy atom. The van der Waals surface area contributed by atoms with Gasteiger partial charge in [-0.3, -0.25) is 4.79 Å². The number of hydrogen-bond acceptors (Lipinski definition) is 3. The SMILES string of the molecule is COc1ccc(CNC(C(=O)NC(c2ccccc2)(c2ccccc2)c2ccccc2)C23CC4CC(CC(C4)C2)C3)cc1. The first-order chi connectivity index (χ1) is 21.1. The standard InChI is InChI=1S/C39H42N2O2/c1-43-35-19-17-28(18-20-35)27-40-36(38-24-29-21-30(25-38)23-31(22-29)26-38)37(42)41-39(32-11-5-2-6-12-32,33-13-7-3-8-14-33)34-15-9-4-10-16-34/h2-20,29-31,36,40H,21-27H2,1H3,(H,41,42). The zero-order valence-electron chi connectivity index (χ0n) is 25.0. The van der Waals surface area contributed by atoms with Crippen LogP contribution in [0.2, 0.25) is 0 Å². The highest BCUT2D eigenvalue weighted by Gasteiger charge is 2.56. The molecule has 4 heteroatoms. The van der Waals surface area contributed by atoms with E-state index < -0.39 is 5.54 Å². The Balaban J connectivity index is 1.31. The van der Waals surface area contributed by atoms with E-state index in [1.807, 2.05) is 30.3 Å². The lowest BCUT2D eigenvalue weighted by atomic mass is 9.47. The van der Waals surface area contributed by atoms with E-state index in [-0.39, 0.29) is 17.4 Å². The van der Waals surface area contributed by atoms with Gasteiger partial charge in [0.05, 0.1) is 13.2 Å². The number of methoxy groups -OCH3 is 1. The molecule has 0 saturated heterocycles. The van der Waals surface area contributed by atoms with E-state index >= 15 is 4.79 Å². The molecule has 4 aliphatic carbocycles. The minimum absolute atomic E-state index is 0.0267. The summed E-state index contributed by atoms with van der Waals surface area (Å²) < 4.78 is 5.39. The van der Waals surface area contributed by atoms with Gasteiger partial charge in [-0.15, -0.1) is 0 Å². The van der Waals surface area contributed by atoms with E-state index in [4.69, 9.17) is 4.74 Å². The summed E-state index contributed by atoms with van der Waals surface area (Å²) in [5, 5.41) is 7.59. The van der Waals surface area contributed by atoms with Crippen LogP contribution >= 0.6 is 0 Å². The van der Waals surface area contributed by atoms with Crippen molar-refractivity contribution in [1.29, 1.82) is 0 Å². The van der Waals surface area contributed by atoms with Crippen LogP contribution in [0.25, 0.3) is 0 Å². The molecule has 4 saturated carbocycles. The second-order valence-corrected chi connectivity index (χ2v) is 13.3. The normalized spacial score (nSPS) is 24.8. The zero-order valence-corrected chi connectivity index (χ0v) is 25.0. The summed E-state index contributed by atoms with van der Waals surface area (Å²) in [5.74, 6) is 3.16. The molecule has 4 aliphatic rings. The number of carbonyl (C=O) groups is 1. The Labute approximate surface area is 255 Å². The first kappa shape index (κ1) is 27.9. The van der Waals surface area contributed by atoms with Gasteiger partial charge in [-0.1, -0.05) is 103 Å². The van der Waals surface area contributed by atoms with Crippen LogP contribution in [0.1, 0.15) is 60.8 Å². The first-order valence-corrected chi connectivity index (χ1v) is 15.9. The molecule has 0 heterocycles. The molecule has 8 rings (SSSR count). The topological polar surface area (TPSA) is 50.4 Å². The number of ether oxygens (including phenoxy) is 1. The van der Waals surface area contributed by atoms with Crippen molar-refractivity contribution in [2.45, 2.75) is 56.7 Å². The Bertz CT molecular complexity index is 1390. The van der Waals surface area contributed by atoms with E-state index in [0.29, 0.717) is 6.54 Å². The van der Waals surface area contributed by atoms with Gasteiger partial charge in [-0.2, -0.15) is 0 Å². The van der Waals surface area contributed by atoms with Crippen molar-refractivity contribution in [3.8, 4) is 5.75 Å². The lowest BCUT2D eigenvalue weighted by Crippen LogP contribution is -2.63. The Morgan fingerprint density at radius 1 is 0.721 bits per heavy atom. The van der Waals surface area contributed by atoms with Crippen molar-refractivity contribution in [2.24, 2.45) is 23.2 Å². The third kappa shape index (κ3) is 5.27. The van der Waals surface area contributed by atoms with Crippen LogP contribution in [0.5, 0.6) is 5.75 Å². The van der Waals surface area contributed by atoms with Crippen LogP contribution in [0, 0.1) is 23.2 Å². The number of carbonyl (C=O) groups excluding carboxylic acids is 1. The molecule has 4 nitrogen and oxygen atoms in total. The highest BCUT2D eigenvalue weighted by molar-refractivity contribution is 5.85. The van der Waals surface area contributed by atoms with Crippen LogP contribution in [-0.2, 0) is 16.9 Å². The predicted octanol–water partition coefficient (Wildman–Crippen LogP) is 7.48. The average molecular weight is 571 g/mol. The zero-order chi connectivity index (χ0) is 29.3. The van der Waals surface area contributed by atoms with Gasteiger partial charge in [0.1, 0.15) is 11.3 Å². The van der Waals surface area contributed by atoms with E-state index in [1.54, 1.807) is 7.11 Å². The molecule has 4 aromatic carbocycles. The van der Waals surface area contributed by atoms with E-state index in [1.165, 1.54) is 19.3 Å². The van der Waals surface area contributed by atoms with Crippen LogP contribution in [-0.4, -0.2) is 19.1 Å². The third-order valence-electron chi connectivity index (χ3n) is 10.6. The molecule has 1 unspecified atom stereocenters. The average Bonchev–Trinajstić information content (AvgIpc) is 3.04. The van der Waals surface area contributed by atoms with Gasteiger partial charge in [-0.05, 0) is 96.1 Å². The quantitative estimate of drug-likeness (QED) is 0.194. The monoisotopic (exact) mass is 570 g/mol. The van der Waals surface area contributed by atoms with Crippen molar-refractivity contribution in [2.75, 3.05) is 7.11 Å². The molecule has 1 atom stereocenters. The van der Waals surface area contributed by atoms with E-state index in [2.05, 4.69) is 95.6 Å². The van der Waals surface area contributed by atoms with Crippen molar-refractivity contribution in [3.05, 3.63) is 138 Å². The fraction of sp³-hybridized carbons (Fsp3) is 0.359. The molecular formula is C39H42N2O2. The van der Waals surface area contributed by atoms with Gasteiger partial charge in [0, 0.05) is 6.54 Å². The lowest BCUT2D eigenvalue weighted by Gasteiger charge is -2.59. The fourth-order valence-electron chi connectivity index (χ4n) is 9.12. The number of rotatable bonds is 10. The van der Waals surface area contributed by atoms with Crippen LogP contribution in [0.15, 0.2) is 115 Å². The Morgan fingerprint density at radius 2 is 1.16 bits per heavy atom. The molecule has 2 N–H and O–H groups in total. The molecule has 0 radical (unpaired) electrons. The summed E-state index contributed by atoms with van der Waals surface area (Å²) in [6, 6.07) is 39.3. The summed E-state index contributed by atoms with van der Waals surface area (Å²) in [4.78, 5) is 15.1. The minimum atomic E-state index is -0.830. The van der Waals surface area contributed by atoms with Gasteiger partial charge in [0.2, 0.25) is 5.91 Å². The molecule has 0 aromatic heterocycles. The fourth-order valence-corrected chi connectivity index (χ4v) is 9.12. The molecule has 1 amide bonds. The Hall–Kier alpha value is -3.89. The van der Waals surface area contributed by atoms with Gasteiger partial charge in [0.25, 0.3) is 0 Å². The molecule has 4 aromatic rings. The summed E-state index contributed by atoms with van der Waals surface area (Å²) in [7, 11) is 1.69. The van der Waals surface area contributed by atoms with Crippen LogP contribution in [0.3, 0.4) is 0 Å². The second-order valence-electron chi connectivity index (χ2n) is 13.3. The van der Waals surface area contributed by atoms with Crippen LogP contribution < -0.4 is 15.4 Å². The molecule has 4 bridgehead atoms. The molecule has 43 heavy (non-hydrogen) atoms.